The zero-order valence-electron chi connectivity index (χ0n) is 11.4. The Hall–Kier alpha value is -0.580. The van der Waals surface area contributed by atoms with Crippen molar-refractivity contribution >= 4 is 29.0 Å². The lowest BCUT2D eigenvalue weighted by Crippen LogP contribution is -2.36. The Morgan fingerprint density at radius 2 is 2.05 bits per heavy atom. The van der Waals surface area contributed by atoms with Gasteiger partial charge < -0.3 is 9.80 Å². The van der Waals surface area contributed by atoms with Gasteiger partial charge >= 0.3 is 0 Å². The molecule has 0 amide bonds. The van der Waals surface area contributed by atoms with E-state index in [1.807, 2.05) is 7.05 Å². The molecular formula is C13H20Cl2N4. The van der Waals surface area contributed by atoms with Crippen LogP contribution in [0.3, 0.4) is 0 Å². The van der Waals surface area contributed by atoms with Gasteiger partial charge in [0, 0.05) is 19.2 Å². The van der Waals surface area contributed by atoms with Crippen molar-refractivity contribution in [3.63, 3.8) is 0 Å². The minimum atomic E-state index is 0.340. The molecule has 0 aromatic carbocycles. The van der Waals surface area contributed by atoms with Crippen LogP contribution in [0.4, 0.5) is 5.82 Å². The molecule has 2 heterocycles. The topological polar surface area (TPSA) is 32.3 Å². The van der Waals surface area contributed by atoms with Gasteiger partial charge in [0.05, 0.1) is 5.88 Å². The van der Waals surface area contributed by atoms with Gasteiger partial charge in [-0.15, -0.1) is 11.6 Å². The number of hydrogen-bond acceptors (Lipinski definition) is 4. The number of anilines is 1. The second kappa shape index (κ2) is 6.73. The first-order valence-electron chi connectivity index (χ1n) is 6.56. The maximum atomic E-state index is 6.07. The van der Waals surface area contributed by atoms with E-state index in [4.69, 9.17) is 23.2 Å². The van der Waals surface area contributed by atoms with E-state index in [1.54, 1.807) is 0 Å². The molecule has 0 N–H and O–H groups in total. The van der Waals surface area contributed by atoms with E-state index in [9.17, 15) is 0 Å². The average molecular weight is 303 g/mol. The Morgan fingerprint density at radius 3 is 2.68 bits per heavy atom. The average Bonchev–Trinajstić information content (AvgIpc) is 2.41. The van der Waals surface area contributed by atoms with Gasteiger partial charge in [-0.3, -0.25) is 0 Å². The summed E-state index contributed by atoms with van der Waals surface area (Å²) in [4.78, 5) is 12.8. The quantitative estimate of drug-likeness (QED) is 0.632. The highest BCUT2D eigenvalue weighted by Crippen LogP contribution is 2.26. The fourth-order valence-corrected chi connectivity index (χ4v) is 3.05. The summed E-state index contributed by atoms with van der Waals surface area (Å²) in [7, 11) is 4.22. The van der Waals surface area contributed by atoms with Crippen LogP contribution in [-0.2, 0) is 5.88 Å². The molecule has 1 aliphatic heterocycles. The maximum absolute atomic E-state index is 6.07. The lowest BCUT2D eigenvalue weighted by atomic mass is 9.96. The van der Waals surface area contributed by atoms with Crippen LogP contribution in [0.25, 0.3) is 0 Å². The highest BCUT2D eigenvalue weighted by atomic mass is 35.5. The van der Waals surface area contributed by atoms with Crippen molar-refractivity contribution in [2.75, 3.05) is 38.6 Å². The van der Waals surface area contributed by atoms with Crippen molar-refractivity contribution in [2.24, 2.45) is 5.92 Å². The summed E-state index contributed by atoms with van der Waals surface area (Å²) in [5.41, 5.74) is 0.821. The first-order chi connectivity index (χ1) is 9.11. The van der Waals surface area contributed by atoms with Crippen molar-refractivity contribution in [3.8, 4) is 0 Å². The zero-order chi connectivity index (χ0) is 13.8. The number of hydrogen-bond donors (Lipinski definition) is 0. The molecule has 0 unspecified atom stereocenters. The minimum absolute atomic E-state index is 0.340. The molecular weight excluding hydrogens is 283 g/mol. The van der Waals surface area contributed by atoms with E-state index in [2.05, 4.69) is 26.8 Å². The molecule has 1 aromatic heterocycles. The molecule has 0 bridgehead atoms. The maximum Gasteiger partial charge on any atom is 0.138 e. The minimum Gasteiger partial charge on any atom is -0.359 e. The van der Waals surface area contributed by atoms with E-state index < -0.39 is 0 Å². The number of aromatic nitrogens is 2. The van der Waals surface area contributed by atoms with Gasteiger partial charge in [-0.05, 0) is 38.9 Å². The fourth-order valence-electron chi connectivity index (χ4n) is 2.54. The number of piperidine rings is 1. The lowest BCUT2D eigenvalue weighted by molar-refractivity contribution is 0.222. The third-order valence-corrected chi connectivity index (χ3v) is 4.33. The number of alkyl halides is 1. The summed E-state index contributed by atoms with van der Waals surface area (Å²) >= 11 is 12.0. The second-order valence-electron chi connectivity index (χ2n) is 5.23. The molecule has 4 nitrogen and oxygen atoms in total. The largest absolute Gasteiger partial charge is 0.359 e. The SMILES string of the molecule is CN1CCC(CN(C)c2ncnc(Cl)c2CCl)CC1. The number of halogens is 2. The molecule has 1 saturated heterocycles. The van der Waals surface area contributed by atoms with Crippen molar-refractivity contribution in [1.29, 1.82) is 0 Å². The molecule has 0 spiro atoms. The summed E-state index contributed by atoms with van der Waals surface area (Å²) in [6, 6.07) is 0. The van der Waals surface area contributed by atoms with Crippen molar-refractivity contribution in [1.82, 2.24) is 14.9 Å². The predicted molar refractivity (Wildman–Crippen MR) is 80.1 cm³/mol. The van der Waals surface area contributed by atoms with Crippen LogP contribution in [0.5, 0.6) is 0 Å². The lowest BCUT2D eigenvalue weighted by Gasteiger charge is -2.32. The first kappa shape index (κ1) is 14.8. The van der Waals surface area contributed by atoms with Crippen LogP contribution >= 0.6 is 23.2 Å². The van der Waals surface area contributed by atoms with Crippen LogP contribution in [0, 0.1) is 5.92 Å². The Morgan fingerprint density at radius 1 is 1.37 bits per heavy atom. The van der Waals surface area contributed by atoms with Gasteiger partial charge in [0.15, 0.2) is 0 Å². The molecule has 0 aliphatic carbocycles. The predicted octanol–water partition coefficient (Wildman–Crippen LogP) is 2.65. The normalized spacial score (nSPS) is 17.7. The smallest absolute Gasteiger partial charge is 0.138 e. The first-order valence-corrected chi connectivity index (χ1v) is 7.48. The summed E-state index contributed by atoms with van der Waals surface area (Å²) in [6.45, 7) is 3.34. The van der Waals surface area contributed by atoms with Gasteiger partial charge in [-0.1, -0.05) is 11.6 Å². The number of rotatable bonds is 4. The third-order valence-electron chi connectivity index (χ3n) is 3.74. The van der Waals surface area contributed by atoms with Crippen LogP contribution in [-0.4, -0.2) is 48.6 Å². The summed E-state index contributed by atoms with van der Waals surface area (Å²) in [6.07, 6.45) is 3.96. The molecule has 1 aromatic rings. The van der Waals surface area contributed by atoms with Crippen molar-refractivity contribution in [3.05, 3.63) is 17.0 Å². The summed E-state index contributed by atoms with van der Waals surface area (Å²) in [5, 5.41) is 0.454. The number of likely N-dealkylation sites (tertiary alicyclic amines) is 1. The summed E-state index contributed by atoms with van der Waals surface area (Å²) < 4.78 is 0. The van der Waals surface area contributed by atoms with Crippen LogP contribution in [0.15, 0.2) is 6.33 Å². The highest BCUT2D eigenvalue weighted by Gasteiger charge is 2.20. The van der Waals surface area contributed by atoms with Gasteiger partial charge in [0.1, 0.15) is 17.3 Å². The molecule has 1 fully saturated rings. The number of nitrogens with zero attached hydrogens (tertiary/aromatic N) is 4. The molecule has 19 heavy (non-hydrogen) atoms. The molecule has 0 radical (unpaired) electrons. The van der Waals surface area contributed by atoms with Crippen LogP contribution in [0.1, 0.15) is 18.4 Å². The molecule has 0 atom stereocenters. The van der Waals surface area contributed by atoms with Gasteiger partial charge in [0.25, 0.3) is 0 Å². The molecule has 2 rings (SSSR count). The van der Waals surface area contributed by atoms with Crippen molar-refractivity contribution < 1.29 is 0 Å². The standard InChI is InChI=1S/C13H20Cl2N4/c1-18-5-3-10(4-6-18)8-19(2)13-11(7-14)12(15)16-9-17-13/h9-10H,3-8H2,1-2H3. The van der Waals surface area contributed by atoms with E-state index in [1.165, 1.54) is 32.3 Å². The molecule has 6 heteroatoms. The van der Waals surface area contributed by atoms with Crippen molar-refractivity contribution in [2.45, 2.75) is 18.7 Å². The van der Waals surface area contributed by atoms with E-state index in [-0.39, 0.29) is 0 Å². The Bertz CT molecular complexity index is 419. The molecule has 0 saturated carbocycles. The Kier molecular flexibility index (Phi) is 5.25. The van der Waals surface area contributed by atoms with E-state index in [0.29, 0.717) is 17.0 Å². The van der Waals surface area contributed by atoms with Gasteiger partial charge in [-0.25, -0.2) is 9.97 Å². The van der Waals surface area contributed by atoms with Crippen LogP contribution in [0.2, 0.25) is 5.15 Å². The molecule has 1 aliphatic rings. The second-order valence-corrected chi connectivity index (χ2v) is 5.85. The Labute approximate surface area is 124 Å². The van der Waals surface area contributed by atoms with Crippen LogP contribution < -0.4 is 4.90 Å². The highest BCUT2D eigenvalue weighted by molar-refractivity contribution is 6.31. The monoisotopic (exact) mass is 302 g/mol. The van der Waals surface area contributed by atoms with E-state index in [0.717, 1.165) is 17.9 Å². The zero-order valence-corrected chi connectivity index (χ0v) is 13.0. The summed E-state index contributed by atoms with van der Waals surface area (Å²) in [5.74, 6) is 1.90. The fraction of sp³-hybridized carbons (Fsp3) is 0.692. The van der Waals surface area contributed by atoms with E-state index >= 15 is 0 Å². The third kappa shape index (κ3) is 3.71. The Balaban J connectivity index is 2.03. The van der Waals surface area contributed by atoms with Gasteiger partial charge in [0.2, 0.25) is 0 Å². The molecule has 106 valence electrons. The van der Waals surface area contributed by atoms with Gasteiger partial charge in [-0.2, -0.15) is 0 Å².